The van der Waals surface area contributed by atoms with E-state index in [1.165, 1.54) is 22.5 Å². The average molecular weight is 193 g/mol. The Hall–Kier alpha value is 0.759. The van der Waals surface area contributed by atoms with E-state index >= 15 is 0 Å². The molecule has 36 valence electrons. The van der Waals surface area contributed by atoms with Crippen LogP contribution < -0.4 is 0 Å². The molecule has 0 saturated carbocycles. The molecule has 0 heterocycles. The number of hydrogen-bond acceptors (Lipinski definition) is 1. The number of hydrogen-bond donors (Lipinski definition) is 1. The molecule has 0 aliphatic rings. The first-order chi connectivity index (χ1) is 2.81. The minimum atomic E-state index is 0.388. The van der Waals surface area contributed by atoms with Gasteiger partial charge in [0.25, 0.3) is 0 Å². The summed E-state index contributed by atoms with van der Waals surface area (Å²) in [5.74, 6) is 0. The van der Waals surface area contributed by atoms with Gasteiger partial charge >= 0.3 is 51.5 Å². The van der Waals surface area contributed by atoms with Gasteiger partial charge in [-0.1, -0.05) is 0 Å². The van der Waals surface area contributed by atoms with Gasteiger partial charge in [0.2, 0.25) is 0 Å². The van der Waals surface area contributed by atoms with Crippen LogP contribution in [0, 0.1) is 0 Å². The molecular formula is C4H10OSn. The van der Waals surface area contributed by atoms with E-state index in [0.717, 1.165) is 6.42 Å². The van der Waals surface area contributed by atoms with Crippen molar-refractivity contribution >= 4 is 22.5 Å². The number of rotatable bonds is 2. The van der Waals surface area contributed by atoms with Crippen LogP contribution in [-0.4, -0.2) is 34.2 Å². The second-order valence-electron chi connectivity index (χ2n) is 1.35. The van der Waals surface area contributed by atoms with Gasteiger partial charge in [0.1, 0.15) is 0 Å². The summed E-state index contributed by atoms with van der Waals surface area (Å²) < 4.78 is 0.621. The van der Waals surface area contributed by atoms with Gasteiger partial charge in [0.05, 0.1) is 0 Å². The van der Waals surface area contributed by atoms with Gasteiger partial charge in [-0.05, 0) is 0 Å². The Morgan fingerprint density at radius 2 is 2.33 bits per heavy atom. The number of aliphatic hydroxyl groups is 1. The van der Waals surface area contributed by atoms with Crippen molar-refractivity contribution in [2.75, 3.05) is 6.61 Å². The molecule has 2 radical (unpaired) electrons. The maximum atomic E-state index is 8.37. The van der Waals surface area contributed by atoms with Gasteiger partial charge in [-0.2, -0.15) is 0 Å². The van der Waals surface area contributed by atoms with Crippen molar-refractivity contribution in [2.24, 2.45) is 0 Å². The monoisotopic (exact) mass is 194 g/mol. The van der Waals surface area contributed by atoms with Gasteiger partial charge in [0, 0.05) is 0 Å². The maximum absolute atomic E-state index is 8.37. The topological polar surface area (TPSA) is 20.2 Å². The second kappa shape index (κ2) is 3.93. The van der Waals surface area contributed by atoms with Crippen LogP contribution in [-0.2, 0) is 0 Å². The first-order valence-electron chi connectivity index (χ1n) is 2.17. The van der Waals surface area contributed by atoms with E-state index < -0.39 is 0 Å². The van der Waals surface area contributed by atoms with Gasteiger partial charge in [-0.15, -0.1) is 0 Å². The summed E-state index contributed by atoms with van der Waals surface area (Å²) in [6.45, 7) is 2.49. The Labute approximate surface area is 51.8 Å². The zero-order valence-electron chi connectivity index (χ0n) is 4.02. The molecule has 0 aromatic carbocycles. The minimum absolute atomic E-state index is 0.388. The van der Waals surface area contributed by atoms with Crippen molar-refractivity contribution in [1.29, 1.82) is 0 Å². The first kappa shape index (κ1) is 6.76. The van der Waals surface area contributed by atoms with Gasteiger partial charge in [-0.3, -0.25) is 0 Å². The van der Waals surface area contributed by atoms with Crippen LogP contribution in [0.25, 0.3) is 0 Å². The van der Waals surface area contributed by atoms with E-state index in [1.807, 2.05) is 0 Å². The molecule has 0 rings (SSSR count). The molecule has 0 aromatic rings. The van der Waals surface area contributed by atoms with Crippen LogP contribution in [0.4, 0.5) is 0 Å². The van der Waals surface area contributed by atoms with Crippen molar-refractivity contribution in [3.05, 3.63) is 0 Å². The molecule has 2 heteroatoms. The Kier molecular flexibility index (Phi) is 4.43. The SMILES string of the molecule is CC[CH]([SnH])CO. The Morgan fingerprint density at radius 1 is 1.83 bits per heavy atom. The zero-order valence-corrected chi connectivity index (χ0v) is 7.31. The van der Waals surface area contributed by atoms with Crippen LogP contribution in [0.3, 0.4) is 0 Å². The summed E-state index contributed by atoms with van der Waals surface area (Å²) in [5.41, 5.74) is 0. The molecule has 0 bridgehead atoms. The van der Waals surface area contributed by atoms with E-state index in [9.17, 15) is 0 Å². The summed E-state index contributed by atoms with van der Waals surface area (Å²) >= 11 is 1.20. The fourth-order valence-corrected chi connectivity index (χ4v) is 0.129. The normalized spacial score (nSPS) is 14.5. The molecule has 1 atom stereocenters. The molecule has 0 amide bonds. The van der Waals surface area contributed by atoms with Gasteiger partial charge < -0.3 is 0 Å². The van der Waals surface area contributed by atoms with Crippen molar-refractivity contribution in [3.63, 3.8) is 0 Å². The third-order valence-electron chi connectivity index (χ3n) is 0.759. The fraction of sp³-hybridized carbons (Fsp3) is 1.00. The molecule has 0 aliphatic heterocycles. The van der Waals surface area contributed by atoms with Crippen LogP contribution >= 0.6 is 0 Å². The molecule has 1 N–H and O–H groups in total. The molecule has 1 unspecified atom stereocenters. The molecule has 1 nitrogen and oxygen atoms in total. The Balaban J connectivity index is 2.75. The van der Waals surface area contributed by atoms with E-state index in [0.29, 0.717) is 10.5 Å². The molecule has 6 heavy (non-hydrogen) atoms. The second-order valence-corrected chi connectivity index (χ2v) is 4.04. The fourth-order valence-electron chi connectivity index (χ4n) is 0.129. The molecule has 0 fully saturated rings. The van der Waals surface area contributed by atoms with Crippen LogP contribution in [0.5, 0.6) is 0 Å². The molecular weight excluding hydrogens is 183 g/mol. The van der Waals surface area contributed by atoms with Crippen molar-refractivity contribution in [1.82, 2.24) is 0 Å². The van der Waals surface area contributed by atoms with Crippen molar-refractivity contribution in [3.8, 4) is 0 Å². The van der Waals surface area contributed by atoms with Crippen LogP contribution in [0.1, 0.15) is 13.3 Å². The Bertz CT molecular complexity index is 26.7. The third-order valence-corrected chi connectivity index (χ3v) is 2.71. The Morgan fingerprint density at radius 3 is 2.33 bits per heavy atom. The van der Waals surface area contributed by atoms with Gasteiger partial charge in [-0.25, -0.2) is 0 Å². The number of aliphatic hydroxyl groups excluding tert-OH is 1. The summed E-state index contributed by atoms with van der Waals surface area (Å²) in [5, 5.41) is 8.37. The zero-order chi connectivity index (χ0) is 4.99. The quantitative estimate of drug-likeness (QED) is 0.615. The molecule has 0 spiro atoms. The van der Waals surface area contributed by atoms with E-state index in [2.05, 4.69) is 6.92 Å². The van der Waals surface area contributed by atoms with Gasteiger partial charge in [0.15, 0.2) is 0 Å². The third kappa shape index (κ3) is 2.97. The predicted octanol–water partition coefficient (Wildman–Crippen LogP) is 0.0780. The predicted molar refractivity (Wildman–Crippen MR) is 28.3 cm³/mol. The summed E-state index contributed by atoms with van der Waals surface area (Å²) in [7, 11) is 0. The van der Waals surface area contributed by atoms with E-state index in [-0.39, 0.29) is 0 Å². The summed E-state index contributed by atoms with van der Waals surface area (Å²) in [6, 6.07) is 0. The van der Waals surface area contributed by atoms with E-state index in [1.54, 1.807) is 0 Å². The van der Waals surface area contributed by atoms with Crippen LogP contribution in [0.2, 0.25) is 3.93 Å². The van der Waals surface area contributed by atoms with Crippen LogP contribution in [0.15, 0.2) is 0 Å². The summed E-state index contributed by atoms with van der Waals surface area (Å²) in [4.78, 5) is 0. The molecule has 0 aromatic heterocycles. The standard InChI is InChI=1S/C4H9O.Sn.H/c1-2-3-4-5;;/h3,5H,2,4H2,1H3;;. The summed E-state index contributed by atoms with van der Waals surface area (Å²) in [6.07, 6.45) is 1.14. The van der Waals surface area contributed by atoms with Crippen molar-refractivity contribution in [2.45, 2.75) is 17.3 Å². The molecule has 0 aliphatic carbocycles. The first-order valence-corrected chi connectivity index (χ1v) is 4.08. The average Bonchev–Trinajstić information content (AvgIpc) is 1.65. The molecule has 0 saturated heterocycles. The van der Waals surface area contributed by atoms with E-state index in [4.69, 9.17) is 5.11 Å². The van der Waals surface area contributed by atoms with Crippen molar-refractivity contribution < 1.29 is 5.11 Å².